The van der Waals surface area contributed by atoms with E-state index >= 15 is 0 Å². The number of hydrogen-bond donors (Lipinski definition) is 4. The Kier molecular flexibility index (Phi) is 10.6. The van der Waals surface area contributed by atoms with Gasteiger partial charge in [-0.05, 0) is 74.1 Å². The number of amides is 2. The van der Waals surface area contributed by atoms with Gasteiger partial charge in [-0.25, -0.2) is 0 Å². The van der Waals surface area contributed by atoms with Gasteiger partial charge in [-0.15, -0.1) is 0 Å². The minimum Gasteiger partial charge on any atom is -0.392 e. The fourth-order valence-corrected chi connectivity index (χ4v) is 6.47. The van der Waals surface area contributed by atoms with Crippen molar-refractivity contribution in [1.82, 2.24) is 30.4 Å². The van der Waals surface area contributed by atoms with Gasteiger partial charge >= 0.3 is 0 Å². The standard InChI is InChI=1S/C35H46N6O4/c1-35(2,3)39-34(45)30-23-40(21-25-7-6-12-37-20-25)15-16-41(30)22-28(42)18-27(17-24-10-13-36-14-11-24)33(44)38-32-29-9-5-4-8-26(29)19-31(32)43/h4-14,20,27-28,30-32,42-43H,15-19,21-23H2,1-3H3,(H,38,44)(H,39,45)/t27-,28+,30+,31-,32+/m1/s1. The third-order valence-corrected chi connectivity index (χ3v) is 8.61. The topological polar surface area (TPSA) is 131 Å². The number of piperazine rings is 1. The van der Waals surface area contributed by atoms with Crippen molar-refractivity contribution in [2.24, 2.45) is 5.92 Å². The van der Waals surface area contributed by atoms with E-state index in [2.05, 4.69) is 25.5 Å². The van der Waals surface area contributed by atoms with Crippen LogP contribution in [0.1, 0.15) is 55.5 Å². The van der Waals surface area contributed by atoms with E-state index in [1.165, 1.54) is 0 Å². The predicted octanol–water partition coefficient (Wildman–Crippen LogP) is 2.26. The normalized spacial score (nSPS) is 21.9. The SMILES string of the molecule is CC(C)(C)NC(=O)[C@@H]1CN(Cc2cccnc2)CCN1C[C@@H](O)C[C@@H](Cc1ccncc1)C(=O)N[C@H]1c2ccccc2C[C@H]1O. The number of β-amino-alcohol motifs (C(OH)–C–C–N with tert-alkyl or cyclic N) is 1. The van der Waals surface area contributed by atoms with E-state index in [-0.39, 0.29) is 24.8 Å². The van der Waals surface area contributed by atoms with Gasteiger partial charge in [0.15, 0.2) is 0 Å². The number of pyridine rings is 2. The highest BCUT2D eigenvalue weighted by molar-refractivity contribution is 5.83. The second kappa shape index (κ2) is 14.6. The van der Waals surface area contributed by atoms with E-state index in [4.69, 9.17) is 0 Å². The lowest BCUT2D eigenvalue weighted by Crippen LogP contribution is -2.61. The van der Waals surface area contributed by atoms with Gasteiger partial charge in [-0.2, -0.15) is 0 Å². The molecule has 2 aliphatic rings. The number of benzene rings is 1. The predicted molar refractivity (Wildman–Crippen MR) is 172 cm³/mol. The molecule has 10 heteroatoms. The molecule has 1 aromatic carbocycles. The van der Waals surface area contributed by atoms with Crippen LogP contribution in [0.5, 0.6) is 0 Å². The molecule has 0 saturated carbocycles. The molecule has 240 valence electrons. The Morgan fingerprint density at radius 2 is 1.78 bits per heavy atom. The molecule has 1 fully saturated rings. The second-order valence-corrected chi connectivity index (χ2v) is 13.4. The Morgan fingerprint density at radius 1 is 1.00 bits per heavy atom. The number of carbonyl (C=O) groups is 2. The van der Waals surface area contributed by atoms with Gasteiger partial charge in [0.1, 0.15) is 6.04 Å². The van der Waals surface area contributed by atoms with Crippen molar-refractivity contribution in [3.05, 3.63) is 95.6 Å². The van der Waals surface area contributed by atoms with Crippen molar-refractivity contribution >= 4 is 11.8 Å². The quantitative estimate of drug-likeness (QED) is 0.259. The number of hydrogen-bond acceptors (Lipinski definition) is 8. The summed E-state index contributed by atoms with van der Waals surface area (Å²) in [5.74, 6) is -0.837. The zero-order valence-electron chi connectivity index (χ0n) is 26.5. The first kappa shape index (κ1) is 32.7. The van der Waals surface area contributed by atoms with E-state index < -0.39 is 35.7 Å². The van der Waals surface area contributed by atoms with Crippen LogP contribution >= 0.6 is 0 Å². The highest BCUT2D eigenvalue weighted by atomic mass is 16.3. The van der Waals surface area contributed by atoms with Crippen LogP contribution in [0.2, 0.25) is 0 Å². The van der Waals surface area contributed by atoms with E-state index in [0.29, 0.717) is 32.5 Å². The maximum atomic E-state index is 13.8. The molecule has 3 heterocycles. The van der Waals surface area contributed by atoms with Gasteiger partial charge in [-0.3, -0.25) is 29.4 Å². The van der Waals surface area contributed by atoms with E-state index in [9.17, 15) is 19.8 Å². The maximum Gasteiger partial charge on any atom is 0.239 e. The van der Waals surface area contributed by atoms with Gasteiger partial charge in [-0.1, -0.05) is 30.3 Å². The average Bonchev–Trinajstić information content (AvgIpc) is 3.32. The minimum absolute atomic E-state index is 0.0782. The fourth-order valence-electron chi connectivity index (χ4n) is 6.47. The second-order valence-electron chi connectivity index (χ2n) is 13.4. The molecule has 2 aromatic heterocycles. The number of aliphatic hydroxyl groups is 2. The van der Waals surface area contributed by atoms with Crippen molar-refractivity contribution in [3.8, 4) is 0 Å². The van der Waals surface area contributed by atoms with Crippen LogP contribution in [0.15, 0.2) is 73.3 Å². The molecule has 10 nitrogen and oxygen atoms in total. The summed E-state index contributed by atoms with van der Waals surface area (Å²) in [6.07, 6.45) is 6.55. The Balaban J connectivity index is 1.29. The van der Waals surface area contributed by atoms with Gasteiger partial charge in [0.2, 0.25) is 11.8 Å². The molecule has 45 heavy (non-hydrogen) atoms. The summed E-state index contributed by atoms with van der Waals surface area (Å²) in [6, 6.07) is 14.5. The molecule has 0 bridgehead atoms. The molecule has 0 unspecified atom stereocenters. The molecule has 0 spiro atoms. The number of rotatable bonds is 11. The lowest BCUT2D eigenvalue weighted by atomic mass is 9.92. The van der Waals surface area contributed by atoms with Crippen molar-refractivity contribution in [2.45, 2.75) is 76.4 Å². The summed E-state index contributed by atoms with van der Waals surface area (Å²) in [5.41, 5.74) is 3.59. The highest BCUT2D eigenvalue weighted by Gasteiger charge is 2.37. The van der Waals surface area contributed by atoms with Gasteiger partial charge < -0.3 is 20.8 Å². The van der Waals surface area contributed by atoms with Crippen LogP contribution in [-0.2, 0) is 29.0 Å². The lowest BCUT2D eigenvalue weighted by molar-refractivity contribution is -0.132. The summed E-state index contributed by atoms with van der Waals surface area (Å²) in [4.78, 5) is 39.9. The van der Waals surface area contributed by atoms with E-state index in [1.54, 1.807) is 18.6 Å². The zero-order chi connectivity index (χ0) is 32.0. The third kappa shape index (κ3) is 8.94. The molecule has 1 saturated heterocycles. The summed E-state index contributed by atoms with van der Waals surface area (Å²) in [5, 5.41) is 28.5. The molecule has 2 amide bonds. The smallest absolute Gasteiger partial charge is 0.239 e. The van der Waals surface area contributed by atoms with Crippen LogP contribution in [0, 0.1) is 5.92 Å². The monoisotopic (exact) mass is 614 g/mol. The Hall–Kier alpha value is -3.70. The largest absolute Gasteiger partial charge is 0.392 e. The first-order chi connectivity index (χ1) is 21.6. The first-order valence-electron chi connectivity index (χ1n) is 15.9. The van der Waals surface area contributed by atoms with Crippen molar-refractivity contribution < 1.29 is 19.8 Å². The number of nitrogens with zero attached hydrogens (tertiary/aromatic N) is 4. The first-order valence-corrected chi connectivity index (χ1v) is 15.9. The molecular formula is C35H46N6O4. The number of nitrogens with one attached hydrogen (secondary N) is 2. The molecule has 1 aliphatic heterocycles. The zero-order valence-corrected chi connectivity index (χ0v) is 26.5. The summed E-state index contributed by atoms with van der Waals surface area (Å²) < 4.78 is 0. The van der Waals surface area contributed by atoms with Crippen LogP contribution in [0.4, 0.5) is 0 Å². The lowest BCUT2D eigenvalue weighted by Gasteiger charge is -2.42. The summed E-state index contributed by atoms with van der Waals surface area (Å²) in [7, 11) is 0. The fraction of sp³-hybridized carbons (Fsp3) is 0.486. The molecule has 1 aliphatic carbocycles. The van der Waals surface area contributed by atoms with Gasteiger partial charge in [0.05, 0.1) is 18.2 Å². The summed E-state index contributed by atoms with van der Waals surface area (Å²) >= 11 is 0. The molecule has 4 N–H and O–H groups in total. The van der Waals surface area contributed by atoms with Crippen LogP contribution in [0.3, 0.4) is 0 Å². The highest BCUT2D eigenvalue weighted by Crippen LogP contribution is 2.32. The van der Waals surface area contributed by atoms with Crippen molar-refractivity contribution in [2.75, 3.05) is 26.2 Å². The van der Waals surface area contributed by atoms with Crippen LogP contribution in [-0.4, -0.2) is 91.8 Å². The van der Waals surface area contributed by atoms with E-state index in [0.717, 1.165) is 28.8 Å². The Labute approximate surface area is 265 Å². The number of carbonyl (C=O) groups excluding carboxylic acids is 2. The molecule has 5 rings (SSSR count). The average molecular weight is 615 g/mol. The third-order valence-electron chi connectivity index (χ3n) is 8.61. The van der Waals surface area contributed by atoms with Gasteiger partial charge in [0.25, 0.3) is 0 Å². The molecule has 3 aromatic rings. The summed E-state index contributed by atoms with van der Waals surface area (Å²) in [6.45, 7) is 8.69. The van der Waals surface area contributed by atoms with E-state index in [1.807, 2.05) is 80.4 Å². The van der Waals surface area contributed by atoms with Crippen molar-refractivity contribution in [3.63, 3.8) is 0 Å². The Bertz CT molecular complexity index is 1420. The Morgan fingerprint density at radius 3 is 2.51 bits per heavy atom. The molecular weight excluding hydrogens is 568 g/mol. The maximum absolute atomic E-state index is 13.8. The number of aromatic nitrogens is 2. The molecule has 0 radical (unpaired) electrons. The number of aliphatic hydroxyl groups excluding tert-OH is 2. The minimum atomic E-state index is -0.849. The van der Waals surface area contributed by atoms with Crippen molar-refractivity contribution in [1.29, 1.82) is 0 Å². The molecule has 5 atom stereocenters. The van der Waals surface area contributed by atoms with Gasteiger partial charge in [0, 0.05) is 75.4 Å². The number of fused-ring (bicyclic) bond motifs is 1. The van der Waals surface area contributed by atoms with Crippen LogP contribution < -0.4 is 10.6 Å². The van der Waals surface area contributed by atoms with Crippen LogP contribution in [0.25, 0.3) is 0 Å².